The van der Waals surface area contributed by atoms with Gasteiger partial charge in [0.15, 0.2) is 0 Å². The van der Waals surface area contributed by atoms with Crippen molar-refractivity contribution < 1.29 is 8.63 Å². The minimum Gasteiger partial charge on any atom is -0.460 e. The molecule has 0 fully saturated rings. The maximum atomic E-state index is 11.5. The first-order valence-electron chi connectivity index (χ1n) is 4.43. The Morgan fingerprint density at radius 2 is 2.00 bits per heavy atom. The summed E-state index contributed by atoms with van der Waals surface area (Å²) in [6, 6.07) is 5.93. The van der Waals surface area contributed by atoms with Crippen LogP contribution in [-0.2, 0) is 10.8 Å². The predicted octanol–water partition coefficient (Wildman–Crippen LogP) is 2.79. The van der Waals surface area contributed by atoms with Gasteiger partial charge in [0, 0.05) is 11.6 Å². The van der Waals surface area contributed by atoms with Gasteiger partial charge in [0.05, 0.1) is 15.7 Å². The lowest BCUT2D eigenvalue weighted by atomic mass is 10.2. The molecule has 2 nitrogen and oxygen atoms in total. The third-order valence-electron chi connectivity index (χ3n) is 2.25. The van der Waals surface area contributed by atoms with Gasteiger partial charge in [-0.3, -0.25) is 4.21 Å². The molecule has 0 radical (unpaired) electrons. The quantitative estimate of drug-likeness (QED) is 0.721. The van der Waals surface area contributed by atoms with E-state index in [1.54, 1.807) is 6.26 Å². The monoisotopic (exact) mass is 208 g/mol. The Morgan fingerprint density at radius 1 is 1.29 bits per heavy atom. The van der Waals surface area contributed by atoms with Crippen molar-refractivity contribution in [2.45, 2.75) is 18.7 Å². The molecule has 1 atom stereocenters. The fraction of sp³-hybridized carbons (Fsp3) is 0.273. The highest BCUT2D eigenvalue weighted by Crippen LogP contribution is 2.28. The van der Waals surface area contributed by atoms with Crippen LogP contribution in [0, 0.1) is 13.8 Å². The number of hydrogen-bond acceptors (Lipinski definition) is 2. The van der Waals surface area contributed by atoms with E-state index in [1.165, 1.54) is 0 Å². The second-order valence-electron chi connectivity index (χ2n) is 3.44. The van der Waals surface area contributed by atoms with Crippen LogP contribution < -0.4 is 0 Å². The summed E-state index contributed by atoms with van der Waals surface area (Å²) in [4.78, 5) is 0.823. The van der Waals surface area contributed by atoms with E-state index < -0.39 is 10.8 Å². The van der Waals surface area contributed by atoms with E-state index in [1.807, 2.05) is 32.0 Å². The fourth-order valence-electron chi connectivity index (χ4n) is 1.67. The predicted molar refractivity (Wildman–Crippen MR) is 58.0 cm³/mol. The zero-order chi connectivity index (χ0) is 10.3. The minimum absolute atomic E-state index is 0.756. The van der Waals surface area contributed by atoms with Gasteiger partial charge in [-0.25, -0.2) is 0 Å². The van der Waals surface area contributed by atoms with Crippen molar-refractivity contribution in [3.05, 3.63) is 29.5 Å². The van der Waals surface area contributed by atoms with Crippen LogP contribution >= 0.6 is 0 Å². The summed E-state index contributed by atoms with van der Waals surface area (Å²) < 4.78 is 17.0. The van der Waals surface area contributed by atoms with Crippen molar-refractivity contribution in [3.8, 4) is 0 Å². The first-order valence-corrected chi connectivity index (χ1v) is 5.98. The number of furan rings is 1. The Labute approximate surface area is 85.4 Å². The Balaban J connectivity index is 2.86. The van der Waals surface area contributed by atoms with Gasteiger partial charge < -0.3 is 4.42 Å². The molecular formula is C11H12O2S. The van der Waals surface area contributed by atoms with Gasteiger partial charge in [-0.15, -0.1) is 0 Å². The highest BCUT2D eigenvalue weighted by atomic mass is 32.2. The van der Waals surface area contributed by atoms with Gasteiger partial charge in [0.25, 0.3) is 0 Å². The molecule has 1 aromatic heterocycles. The highest BCUT2D eigenvalue weighted by Gasteiger charge is 2.13. The van der Waals surface area contributed by atoms with Crippen molar-refractivity contribution in [1.82, 2.24) is 0 Å². The van der Waals surface area contributed by atoms with Gasteiger partial charge in [-0.2, -0.15) is 0 Å². The topological polar surface area (TPSA) is 30.2 Å². The molecule has 2 aromatic rings. The Bertz CT molecular complexity index is 511. The van der Waals surface area contributed by atoms with E-state index in [-0.39, 0.29) is 0 Å². The summed E-state index contributed by atoms with van der Waals surface area (Å²) in [5, 5.41) is 0.975. The second kappa shape index (κ2) is 3.24. The number of hydrogen-bond donors (Lipinski definition) is 0. The molecule has 0 aliphatic carbocycles. The van der Waals surface area contributed by atoms with Crippen molar-refractivity contribution in [2.24, 2.45) is 0 Å². The summed E-state index contributed by atoms with van der Waals surface area (Å²) in [5.41, 5.74) is 1.98. The lowest BCUT2D eigenvalue weighted by Gasteiger charge is -1.94. The summed E-state index contributed by atoms with van der Waals surface area (Å²) in [6.45, 7) is 3.87. The van der Waals surface area contributed by atoms with Crippen LogP contribution in [0.1, 0.15) is 11.3 Å². The first-order chi connectivity index (χ1) is 6.59. The molecule has 74 valence electrons. The zero-order valence-electron chi connectivity index (χ0n) is 8.46. The van der Waals surface area contributed by atoms with Crippen LogP contribution in [0.2, 0.25) is 0 Å². The third-order valence-corrected chi connectivity index (χ3v) is 3.33. The maximum Gasteiger partial charge on any atom is 0.135 e. The minimum atomic E-state index is -0.986. The van der Waals surface area contributed by atoms with Crippen LogP contribution in [-0.4, -0.2) is 10.5 Å². The summed E-state index contributed by atoms with van der Waals surface area (Å²) in [5.74, 6) is 0.756. The van der Waals surface area contributed by atoms with Gasteiger partial charge >= 0.3 is 0 Å². The molecule has 0 aliphatic rings. The molecule has 1 heterocycles. The summed E-state index contributed by atoms with van der Waals surface area (Å²) >= 11 is 0. The normalized spacial score (nSPS) is 13.4. The van der Waals surface area contributed by atoms with Crippen molar-refractivity contribution in [3.63, 3.8) is 0 Å². The first kappa shape index (κ1) is 9.46. The van der Waals surface area contributed by atoms with Gasteiger partial charge in [-0.05, 0) is 26.0 Å². The number of rotatable bonds is 1. The van der Waals surface area contributed by atoms with E-state index in [2.05, 4.69) is 0 Å². The van der Waals surface area contributed by atoms with Crippen LogP contribution in [0.15, 0.2) is 27.5 Å². The lowest BCUT2D eigenvalue weighted by Crippen LogP contribution is -1.87. The van der Waals surface area contributed by atoms with Crippen LogP contribution in [0.25, 0.3) is 11.0 Å². The van der Waals surface area contributed by atoms with Crippen LogP contribution in [0.4, 0.5) is 0 Å². The van der Waals surface area contributed by atoms with E-state index in [4.69, 9.17) is 4.42 Å². The van der Waals surface area contributed by atoms with Crippen molar-refractivity contribution >= 4 is 21.8 Å². The molecule has 0 bridgehead atoms. The summed E-state index contributed by atoms with van der Waals surface area (Å²) in [6.07, 6.45) is 1.68. The second-order valence-corrected chi connectivity index (χ2v) is 4.76. The molecular weight excluding hydrogens is 196 g/mol. The van der Waals surface area contributed by atoms with E-state index in [9.17, 15) is 4.21 Å². The molecule has 0 N–H and O–H groups in total. The van der Waals surface area contributed by atoms with Crippen LogP contribution in [0.5, 0.6) is 0 Å². The highest BCUT2D eigenvalue weighted by molar-refractivity contribution is 7.84. The number of aryl methyl sites for hydroxylation is 2. The molecule has 0 saturated carbocycles. The molecule has 1 aromatic carbocycles. The Morgan fingerprint density at radius 3 is 2.64 bits per heavy atom. The SMILES string of the molecule is Cc1ccc2oc(C)c(S(C)=O)c2c1. The third kappa shape index (κ3) is 1.38. The van der Waals surface area contributed by atoms with Crippen molar-refractivity contribution in [2.75, 3.05) is 6.26 Å². The Kier molecular flexibility index (Phi) is 2.19. The van der Waals surface area contributed by atoms with E-state index in [0.29, 0.717) is 0 Å². The number of fused-ring (bicyclic) bond motifs is 1. The Hall–Kier alpha value is -1.09. The molecule has 0 aliphatic heterocycles. The van der Waals surface area contributed by atoms with Crippen LogP contribution in [0.3, 0.4) is 0 Å². The van der Waals surface area contributed by atoms with E-state index >= 15 is 0 Å². The molecule has 0 spiro atoms. The standard InChI is InChI=1S/C11H12O2S/c1-7-4-5-10-9(6-7)11(14(3)12)8(2)13-10/h4-6H,1-3H3. The van der Waals surface area contributed by atoms with Gasteiger partial charge in [0.1, 0.15) is 11.3 Å². The molecule has 1 unspecified atom stereocenters. The van der Waals surface area contributed by atoms with Gasteiger partial charge in [0.2, 0.25) is 0 Å². The molecule has 14 heavy (non-hydrogen) atoms. The average molecular weight is 208 g/mol. The fourth-order valence-corrected chi connectivity index (χ4v) is 2.58. The average Bonchev–Trinajstić information content (AvgIpc) is 2.40. The number of benzene rings is 1. The van der Waals surface area contributed by atoms with Gasteiger partial charge in [-0.1, -0.05) is 11.6 Å². The van der Waals surface area contributed by atoms with Crippen molar-refractivity contribution in [1.29, 1.82) is 0 Å². The molecule has 0 saturated heterocycles. The molecule has 0 amide bonds. The smallest absolute Gasteiger partial charge is 0.135 e. The largest absolute Gasteiger partial charge is 0.460 e. The van der Waals surface area contributed by atoms with E-state index in [0.717, 1.165) is 27.2 Å². The molecule has 3 heteroatoms. The lowest BCUT2D eigenvalue weighted by molar-refractivity contribution is 0.566. The molecule has 2 rings (SSSR count). The summed E-state index contributed by atoms with van der Waals surface area (Å²) in [7, 11) is -0.986. The zero-order valence-corrected chi connectivity index (χ0v) is 9.27. The maximum absolute atomic E-state index is 11.5.